The van der Waals surface area contributed by atoms with Gasteiger partial charge in [0.1, 0.15) is 12.3 Å². The van der Waals surface area contributed by atoms with E-state index in [4.69, 9.17) is 26.5 Å². The van der Waals surface area contributed by atoms with E-state index in [0.29, 0.717) is 33.2 Å². The molecule has 0 fully saturated rings. The Morgan fingerprint density at radius 3 is 2.86 bits per heavy atom. The summed E-state index contributed by atoms with van der Waals surface area (Å²) in [4.78, 5) is 23.8. The van der Waals surface area contributed by atoms with E-state index < -0.39 is 5.91 Å². The highest BCUT2D eigenvalue weighted by Crippen LogP contribution is 2.28. The highest BCUT2D eigenvalue weighted by Gasteiger charge is 2.19. The van der Waals surface area contributed by atoms with Gasteiger partial charge in [-0.05, 0) is 30.3 Å². The number of nitrogens with one attached hydrogen (secondary N) is 1. The second kappa shape index (κ2) is 8.81. The first kappa shape index (κ1) is 19.8. The molecule has 0 saturated carbocycles. The fourth-order valence-corrected chi connectivity index (χ4v) is 3.29. The molecule has 0 aliphatic heterocycles. The largest absolute Gasteiger partial charge is 0.495 e. The summed E-state index contributed by atoms with van der Waals surface area (Å²) in [6, 6.07) is 8.29. The van der Waals surface area contributed by atoms with Crippen molar-refractivity contribution in [3.05, 3.63) is 41.6 Å². The zero-order chi connectivity index (χ0) is 20.1. The first-order valence-electron chi connectivity index (χ1n) is 7.99. The maximum atomic E-state index is 12.3. The van der Waals surface area contributed by atoms with Crippen LogP contribution in [-0.2, 0) is 16.1 Å². The molecule has 0 aliphatic carbocycles. The minimum Gasteiger partial charge on any atom is -0.495 e. The average Bonchev–Trinajstić information content (AvgIpc) is 3.29. The molecule has 1 aromatic carbocycles. The van der Waals surface area contributed by atoms with E-state index in [1.165, 1.54) is 17.9 Å². The number of hydrogen-bond donors (Lipinski definition) is 2. The van der Waals surface area contributed by atoms with Crippen LogP contribution in [0.2, 0.25) is 5.02 Å². The van der Waals surface area contributed by atoms with Gasteiger partial charge in [0.15, 0.2) is 10.9 Å². The number of carbonyl (C=O) groups is 2. The molecular weight excluding hydrogens is 406 g/mol. The molecular formula is C17H16ClN5O4S. The van der Waals surface area contributed by atoms with Gasteiger partial charge in [-0.15, -0.1) is 10.2 Å². The molecule has 0 saturated heterocycles. The van der Waals surface area contributed by atoms with Crippen LogP contribution in [0.5, 0.6) is 5.75 Å². The molecule has 0 radical (unpaired) electrons. The standard InChI is InChI=1S/C17H16ClN5O4S/c1-26-12-5-4-10(18)7-11(12)20-15(25)9-28-17-22-21-16(13-3-2-6-27-13)23(17)8-14(19)24/h2-7H,8-9H2,1H3,(H2,19,24)(H,20,25). The van der Waals surface area contributed by atoms with Crippen molar-refractivity contribution in [3.8, 4) is 17.3 Å². The van der Waals surface area contributed by atoms with Crippen molar-refractivity contribution in [3.63, 3.8) is 0 Å². The first-order chi connectivity index (χ1) is 13.5. The molecule has 0 unspecified atom stereocenters. The smallest absolute Gasteiger partial charge is 0.237 e. The molecule has 3 N–H and O–H groups in total. The number of furan rings is 1. The minimum absolute atomic E-state index is 0.0186. The molecule has 2 amide bonds. The van der Waals surface area contributed by atoms with Gasteiger partial charge in [-0.25, -0.2) is 0 Å². The Labute approximate surface area is 169 Å². The maximum absolute atomic E-state index is 12.3. The number of halogens is 1. The van der Waals surface area contributed by atoms with Crippen LogP contribution in [0.3, 0.4) is 0 Å². The summed E-state index contributed by atoms with van der Waals surface area (Å²) in [5.74, 6) is 0.419. The normalized spacial score (nSPS) is 10.6. The molecule has 3 aromatic rings. The van der Waals surface area contributed by atoms with E-state index in [9.17, 15) is 9.59 Å². The zero-order valence-corrected chi connectivity index (χ0v) is 16.3. The highest BCUT2D eigenvalue weighted by molar-refractivity contribution is 7.99. The van der Waals surface area contributed by atoms with E-state index in [2.05, 4.69) is 15.5 Å². The number of amides is 2. The van der Waals surface area contributed by atoms with Crippen molar-refractivity contribution < 1.29 is 18.7 Å². The third-order valence-electron chi connectivity index (χ3n) is 3.54. The van der Waals surface area contributed by atoms with Crippen molar-refractivity contribution in [2.24, 2.45) is 5.73 Å². The predicted molar refractivity (Wildman–Crippen MR) is 104 cm³/mol. The molecule has 2 aromatic heterocycles. The molecule has 146 valence electrons. The average molecular weight is 422 g/mol. The minimum atomic E-state index is -0.567. The number of thioether (sulfide) groups is 1. The second-order valence-electron chi connectivity index (χ2n) is 5.52. The Kier molecular flexibility index (Phi) is 6.22. The van der Waals surface area contributed by atoms with Crippen molar-refractivity contribution in [1.82, 2.24) is 14.8 Å². The predicted octanol–water partition coefficient (Wildman–Crippen LogP) is 2.42. The van der Waals surface area contributed by atoms with Crippen LogP contribution in [0.25, 0.3) is 11.6 Å². The van der Waals surface area contributed by atoms with E-state index >= 15 is 0 Å². The van der Waals surface area contributed by atoms with Crippen LogP contribution in [0.4, 0.5) is 5.69 Å². The monoisotopic (exact) mass is 421 g/mol. The molecule has 28 heavy (non-hydrogen) atoms. The topological polar surface area (TPSA) is 125 Å². The van der Waals surface area contributed by atoms with Crippen LogP contribution in [0.1, 0.15) is 0 Å². The van der Waals surface area contributed by atoms with Gasteiger partial charge in [-0.2, -0.15) is 0 Å². The van der Waals surface area contributed by atoms with Crippen LogP contribution in [0, 0.1) is 0 Å². The quantitative estimate of drug-likeness (QED) is 0.535. The second-order valence-corrected chi connectivity index (χ2v) is 6.90. The molecule has 0 atom stereocenters. The molecule has 2 heterocycles. The Morgan fingerprint density at radius 2 is 2.18 bits per heavy atom. The lowest BCUT2D eigenvalue weighted by molar-refractivity contribution is -0.118. The van der Waals surface area contributed by atoms with Gasteiger partial charge in [-0.1, -0.05) is 23.4 Å². The summed E-state index contributed by atoms with van der Waals surface area (Å²) in [5, 5.41) is 11.6. The summed E-state index contributed by atoms with van der Waals surface area (Å²) in [6.45, 7) is -0.144. The lowest BCUT2D eigenvalue weighted by Crippen LogP contribution is -2.20. The van der Waals surface area contributed by atoms with Gasteiger partial charge in [0, 0.05) is 5.02 Å². The van der Waals surface area contributed by atoms with Gasteiger partial charge in [0.2, 0.25) is 17.6 Å². The van der Waals surface area contributed by atoms with Crippen molar-refractivity contribution in [2.75, 3.05) is 18.2 Å². The number of hydrogen-bond acceptors (Lipinski definition) is 7. The number of benzene rings is 1. The number of primary amides is 1. The number of ether oxygens (including phenoxy) is 1. The molecule has 3 rings (SSSR count). The summed E-state index contributed by atoms with van der Waals surface area (Å²) >= 11 is 7.07. The molecule has 0 aliphatic rings. The van der Waals surface area contributed by atoms with Gasteiger partial charge >= 0.3 is 0 Å². The Morgan fingerprint density at radius 1 is 1.36 bits per heavy atom. The van der Waals surface area contributed by atoms with E-state index in [0.717, 1.165) is 11.8 Å². The number of carbonyl (C=O) groups excluding carboxylic acids is 2. The van der Waals surface area contributed by atoms with Crippen LogP contribution in [-0.4, -0.2) is 39.4 Å². The maximum Gasteiger partial charge on any atom is 0.237 e. The van der Waals surface area contributed by atoms with Crippen LogP contribution in [0.15, 0.2) is 46.2 Å². The van der Waals surface area contributed by atoms with Gasteiger partial charge in [-0.3, -0.25) is 14.2 Å². The number of methoxy groups -OCH3 is 1. The number of anilines is 1. The first-order valence-corrected chi connectivity index (χ1v) is 9.36. The molecule has 11 heteroatoms. The summed E-state index contributed by atoms with van der Waals surface area (Å²) in [5.41, 5.74) is 5.77. The summed E-state index contributed by atoms with van der Waals surface area (Å²) in [7, 11) is 1.50. The Balaban J connectivity index is 1.73. The number of nitrogens with zero attached hydrogens (tertiary/aromatic N) is 3. The third-order valence-corrected chi connectivity index (χ3v) is 4.74. The Bertz CT molecular complexity index is 990. The fourth-order valence-electron chi connectivity index (χ4n) is 2.38. The SMILES string of the molecule is COc1ccc(Cl)cc1NC(=O)CSc1nnc(-c2ccco2)n1CC(N)=O. The highest BCUT2D eigenvalue weighted by atomic mass is 35.5. The van der Waals surface area contributed by atoms with Crippen molar-refractivity contribution in [1.29, 1.82) is 0 Å². The van der Waals surface area contributed by atoms with Crippen LogP contribution >= 0.6 is 23.4 Å². The van der Waals surface area contributed by atoms with Crippen molar-refractivity contribution >= 4 is 40.9 Å². The summed E-state index contributed by atoms with van der Waals surface area (Å²) in [6.07, 6.45) is 1.48. The van der Waals surface area contributed by atoms with E-state index in [1.54, 1.807) is 30.3 Å². The molecule has 9 nitrogen and oxygen atoms in total. The number of rotatable bonds is 8. The lowest BCUT2D eigenvalue weighted by atomic mass is 10.3. The number of aromatic nitrogens is 3. The van der Waals surface area contributed by atoms with Gasteiger partial charge < -0.3 is 20.2 Å². The molecule has 0 spiro atoms. The van der Waals surface area contributed by atoms with Crippen molar-refractivity contribution in [2.45, 2.75) is 11.7 Å². The summed E-state index contributed by atoms with van der Waals surface area (Å²) < 4.78 is 12.0. The van der Waals surface area contributed by atoms with Gasteiger partial charge in [0.05, 0.1) is 24.8 Å². The Hall–Kier alpha value is -2.98. The zero-order valence-electron chi connectivity index (χ0n) is 14.7. The fraction of sp³-hybridized carbons (Fsp3) is 0.176. The van der Waals surface area contributed by atoms with E-state index in [1.807, 2.05) is 0 Å². The van der Waals surface area contributed by atoms with Crippen LogP contribution < -0.4 is 15.8 Å². The number of nitrogens with two attached hydrogens (primary N) is 1. The molecule has 0 bridgehead atoms. The third kappa shape index (κ3) is 4.65. The van der Waals surface area contributed by atoms with Gasteiger partial charge in [0.25, 0.3) is 0 Å². The lowest BCUT2D eigenvalue weighted by Gasteiger charge is -2.10. The van der Waals surface area contributed by atoms with E-state index in [-0.39, 0.29) is 18.2 Å².